The molecule has 0 aromatic heterocycles. The molecule has 86 valence electrons. The second kappa shape index (κ2) is 4.34. The van der Waals surface area contributed by atoms with Crippen molar-refractivity contribution in [1.82, 2.24) is 0 Å². The van der Waals surface area contributed by atoms with Gasteiger partial charge in [-0.25, -0.2) is 0 Å². The summed E-state index contributed by atoms with van der Waals surface area (Å²) in [4.78, 5) is 0. The molecule has 0 aliphatic carbocycles. The van der Waals surface area contributed by atoms with Crippen molar-refractivity contribution in [2.75, 3.05) is 7.11 Å². The summed E-state index contributed by atoms with van der Waals surface area (Å²) < 4.78 is 5.74. The van der Waals surface area contributed by atoms with Gasteiger partial charge in [-0.1, -0.05) is 0 Å². The maximum absolute atomic E-state index is 9.77. The maximum Gasteiger partial charge on any atom is 0.141 e. The number of aryl methyl sites for hydroxylation is 1. The number of phenolic OH excluding ortho intramolecular Hbond substituents is 1. The van der Waals surface area contributed by atoms with E-state index in [1.165, 1.54) is 7.11 Å². The van der Waals surface area contributed by atoms with Crippen molar-refractivity contribution in [3.8, 4) is 17.6 Å². The largest absolute Gasteiger partial charge is 0.506 e. The van der Waals surface area contributed by atoms with Crippen LogP contribution in [0.25, 0.3) is 0 Å². The van der Waals surface area contributed by atoms with Gasteiger partial charge in [-0.05, 0) is 48.3 Å². The predicted octanol–water partition coefficient (Wildman–Crippen LogP) is 3.27. The first-order valence-electron chi connectivity index (χ1n) is 4.83. The zero-order valence-corrected chi connectivity index (χ0v) is 11.3. The van der Waals surface area contributed by atoms with Gasteiger partial charge in [-0.15, -0.1) is 0 Å². The molecule has 1 aromatic carbocycles. The Hall–Kier alpha value is -1.21. The minimum Gasteiger partial charge on any atom is -0.506 e. The first kappa shape index (κ1) is 12.9. The van der Waals surface area contributed by atoms with Crippen LogP contribution in [0.15, 0.2) is 10.5 Å². The van der Waals surface area contributed by atoms with Crippen LogP contribution in [0.2, 0.25) is 0 Å². The van der Waals surface area contributed by atoms with Crippen molar-refractivity contribution in [3.63, 3.8) is 0 Å². The summed E-state index contributed by atoms with van der Waals surface area (Å²) in [5.74, 6) is 0.656. The number of nitrogens with zero attached hydrogens (tertiary/aromatic N) is 1. The quantitative estimate of drug-likeness (QED) is 0.906. The molecule has 0 heterocycles. The molecule has 0 saturated carbocycles. The third kappa shape index (κ3) is 2.00. The van der Waals surface area contributed by atoms with Gasteiger partial charge < -0.3 is 9.84 Å². The van der Waals surface area contributed by atoms with Crippen LogP contribution in [0.5, 0.6) is 11.5 Å². The van der Waals surface area contributed by atoms with Crippen molar-refractivity contribution >= 4 is 15.9 Å². The van der Waals surface area contributed by atoms with Gasteiger partial charge in [0.2, 0.25) is 0 Å². The monoisotopic (exact) mass is 283 g/mol. The molecule has 1 rings (SSSR count). The number of hydrogen-bond donors (Lipinski definition) is 1. The fraction of sp³-hybridized carbons (Fsp3) is 0.417. The molecule has 0 amide bonds. The summed E-state index contributed by atoms with van der Waals surface area (Å²) in [6.45, 7) is 5.41. The van der Waals surface area contributed by atoms with Crippen molar-refractivity contribution < 1.29 is 9.84 Å². The lowest BCUT2D eigenvalue weighted by atomic mass is 9.84. The van der Waals surface area contributed by atoms with E-state index in [0.29, 0.717) is 15.8 Å². The number of methoxy groups -OCH3 is 1. The topological polar surface area (TPSA) is 53.2 Å². The van der Waals surface area contributed by atoms with Gasteiger partial charge >= 0.3 is 0 Å². The molecule has 0 radical (unpaired) electrons. The lowest BCUT2D eigenvalue weighted by molar-refractivity contribution is 0.391. The third-order valence-electron chi connectivity index (χ3n) is 2.54. The molecule has 4 heteroatoms. The summed E-state index contributed by atoms with van der Waals surface area (Å²) in [5.41, 5.74) is 0.817. The molecule has 16 heavy (non-hydrogen) atoms. The van der Waals surface area contributed by atoms with E-state index in [-0.39, 0.29) is 5.75 Å². The molecule has 0 aliphatic rings. The van der Waals surface area contributed by atoms with Gasteiger partial charge in [0.1, 0.15) is 16.0 Å². The highest BCUT2D eigenvalue weighted by molar-refractivity contribution is 9.10. The number of benzene rings is 1. The van der Waals surface area contributed by atoms with Crippen molar-refractivity contribution in [1.29, 1.82) is 5.26 Å². The average Bonchev–Trinajstić information content (AvgIpc) is 2.25. The van der Waals surface area contributed by atoms with Crippen LogP contribution in [0.1, 0.15) is 25.0 Å². The SMILES string of the molecule is COc1c(C(C)(C)C#N)cc(C)c(O)c1Br. The van der Waals surface area contributed by atoms with E-state index in [1.807, 2.05) is 13.8 Å². The molecule has 0 atom stereocenters. The molecule has 0 spiro atoms. The summed E-state index contributed by atoms with van der Waals surface area (Å²) >= 11 is 3.28. The molecular formula is C12H14BrNO2. The number of ether oxygens (including phenoxy) is 1. The van der Waals surface area contributed by atoms with Gasteiger partial charge in [0, 0.05) is 5.56 Å². The zero-order chi connectivity index (χ0) is 12.5. The summed E-state index contributed by atoms with van der Waals surface area (Å²) in [6, 6.07) is 4.00. The van der Waals surface area contributed by atoms with E-state index in [2.05, 4.69) is 22.0 Å². The highest BCUT2D eigenvalue weighted by atomic mass is 79.9. The molecule has 0 fully saturated rings. The van der Waals surface area contributed by atoms with Crippen LogP contribution in [0.4, 0.5) is 0 Å². The van der Waals surface area contributed by atoms with Gasteiger partial charge in [-0.3, -0.25) is 0 Å². The average molecular weight is 284 g/mol. The van der Waals surface area contributed by atoms with E-state index in [0.717, 1.165) is 5.56 Å². The minimum absolute atomic E-state index is 0.148. The van der Waals surface area contributed by atoms with Crippen LogP contribution in [0, 0.1) is 18.3 Å². The lowest BCUT2D eigenvalue weighted by Gasteiger charge is -2.21. The third-order valence-corrected chi connectivity index (χ3v) is 3.28. The number of rotatable bonds is 2. The highest BCUT2D eigenvalue weighted by Gasteiger charge is 2.27. The number of hydrogen-bond acceptors (Lipinski definition) is 3. The van der Waals surface area contributed by atoms with Gasteiger partial charge in [-0.2, -0.15) is 5.26 Å². The molecule has 1 N–H and O–H groups in total. The molecule has 1 aromatic rings. The second-order valence-corrected chi connectivity index (χ2v) is 4.97. The Labute approximate surface area is 104 Å². The fourth-order valence-corrected chi connectivity index (χ4v) is 2.16. The van der Waals surface area contributed by atoms with Crippen LogP contribution in [-0.2, 0) is 5.41 Å². The predicted molar refractivity (Wildman–Crippen MR) is 65.7 cm³/mol. The molecule has 3 nitrogen and oxygen atoms in total. The van der Waals surface area contributed by atoms with Crippen molar-refractivity contribution in [3.05, 3.63) is 21.7 Å². The van der Waals surface area contributed by atoms with E-state index in [9.17, 15) is 5.11 Å². The van der Waals surface area contributed by atoms with Gasteiger partial charge in [0.15, 0.2) is 0 Å². The summed E-state index contributed by atoms with van der Waals surface area (Å²) in [6.07, 6.45) is 0. The van der Waals surface area contributed by atoms with Crippen molar-refractivity contribution in [2.24, 2.45) is 0 Å². The van der Waals surface area contributed by atoms with Crippen LogP contribution in [0.3, 0.4) is 0 Å². The lowest BCUT2D eigenvalue weighted by Crippen LogP contribution is -2.16. The number of nitriles is 1. The van der Waals surface area contributed by atoms with E-state index >= 15 is 0 Å². The standard InChI is InChI=1S/C12H14BrNO2/c1-7-5-8(12(2,3)6-14)11(16-4)9(13)10(7)15/h5,15H,1-4H3. The van der Waals surface area contributed by atoms with E-state index in [1.54, 1.807) is 13.0 Å². The smallest absolute Gasteiger partial charge is 0.141 e. The highest BCUT2D eigenvalue weighted by Crippen LogP contribution is 2.43. The van der Waals surface area contributed by atoms with Crippen LogP contribution in [-0.4, -0.2) is 12.2 Å². The zero-order valence-electron chi connectivity index (χ0n) is 9.76. The first-order valence-corrected chi connectivity index (χ1v) is 5.62. The number of aromatic hydroxyl groups is 1. The summed E-state index contributed by atoms with van der Waals surface area (Å²) in [5, 5.41) is 18.9. The first-order chi connectivity index (χ1) is 7.35. The van der Waals surface area contributed by atoms with Crippen molar-refractivity contribution in [2.45, 2.75) is 26.2 Å². The Morgan fingerprint density at radius 2 is 2.06 bits per heavy atom. The Kier molecular flexibility index (Phi) is 3.49. The number of halogens is 1. The minimum atomic E-state index is -0.660. The maximum atomic E-state index is 9.77. The molecule has 0 aliphatic heterocycles. The normalized spacial score (nSPS) is 11.0. The molecule has 0 unspecified atom stereocenters. The van der Waals surface area contributed by atoms with Crippen LogP contribution >= 0.6 is 15.9 Å². The fourth-order valence-electron chi connectivity index (χ4n) is 1.47. The van der Waals surface area contributed by atoms with Crippen LogP contribution < -0.4 is 4.74 Å². The Morgan fingerprint density at radius 1 is 1.50 bits per heavy atom. The molecule has 0 bridgehead atoms. The Morgan fingerprint density at radius 3 is 2.50 bits per heavy atom. The van der Waals surface area contributed by atoms with Gasteiger partial charge in [0.05, 0.1) is 18.6 Å². The second-order valence-electron chi connectivity index (χ2n) is 4.17. The summed E-state index contributed by atoms with van der Waals surface area (Å²) in [7, 11) is 1.52. The Balaban J connectivity index is 3.59. The molecule has 0 saturated heterocycles. The van der Waals surface area contributed by atoms with Gasteiger partial charge in [0.25, 0.3) is 0 Å². The van der Waals surface area contributed by atoms with E-state index in [4.69, 9.17) is 10.00 Å². The number of phenols is 1. The molecular weight excluding hydrogens is 270 g/mol. The van der Waals surface area contributed by atoms with E-state index < -0.39 is 5.41 Å². The Bertz CT molecular complexity index is 461.